The van der Waals surface area contributed by atoms with Crippen molar-refractivity contribution < 1.29 is 14.6 Å². The highest BCUT2D eigenvalue weighted by Gasteiger charge is 2.36. The van der Waals surface area contributed by atoms with Crippen LogP contribution in [0, 0.1) is 20.8 Å². The summed E-state index contributed by atoms with van der Waals surface area (Å²) in [6.45, 7) is 7.00. The van der Waals surface area contributed by atoms with Gasteiger partial charge in [-0.3, -0.25) is 4.79 Å². The Kier molecular flexibility index (Phi) is 5.28. The Morgan fingerprint density at radius 3 is 2.77 bits per heavy atom. The number of ether oxygens (including phenoxy) is 1. The highest BCUT2D eigenvalue weighted by Crippen LogP contribution is 2.25. The lowest BCUT2D eigenvalue weighted by Crippen LogP contribution is -2.53. The quantitative estimate of drug-likeness (QED) is 0.917. The van der Waals surface area contributed by atoms with E-state index in [1.807, 2.05) is 44.2 Å². The van der Waals surface area contributed by atoms with Crippen LogP contribution in [0.1, 0.15) is 40.2 Å². The minimum Gasteiger partial charge on any atom is -0.491 e. The first-order valence-electron chi connectivity index (χ1n) is 9.02. The number of aromatic nitrogens is 1. The molecule has 1 N–H and O–H groups in total. The molecule has 0 saturated carbocycles. The van der Waals surface area contributed by atoms with Crippen molar-refractivity contribution in [2.75, 3.05) is 19.7 Å². The molecule has 1 aliphatic rings. The third-order valence-electron chi connectivity index (χ3n) is 4.94. The molecular formula is C21H26N2O3. The Balaban J connectivity index is 1.66. The van der Waals surface area contributed by atoms with Gasteiger partial charge in [0.1, 0.15) is 23.7 Å². The number of rotatable bonds is 4. The van der Waals surface area contributed by atoms with Gasteiger partial charge in [0.05, 0.1) is 6.54 Å². The topological polar surface area (TPSA) is 62.7 Å². The molecule has 1 aromatic carbocycles. The van der Waals surface area contributed by atoms with E-state index in [0.29, 0.717) is 18.7 Å². The van der Waals surface area contributed by atoms with E-state index in [0.717, 1.165) is 23.4 Å². The number of carbonyl (C=O) groups excluding carboxylic acids is 1. The molecule has 2 aromatic rings. The first-order chi connectivity index (χ1) is 12.4. The van der Waals surface area contributed by atoms with Gasteiger partial charge in [-0.1, -0.05) is 12.1 Å². The molecule has 2 heterocycles. The molecular weight excluding hydrogens is 328 g/mol. The summed E-state index contributed by atoms with van der Waals surface area (Å²) in [5.41, 5.74) is 2.54. The molecule has 0 bridgehead atoms. The van der Waals surface area contributed by atoms with Gasteiger partial charge in [-0.05, 0) is 69.0 Å². The SMILES string of the molecule is Cc1cccc(C(=O)N2CCCC(O)(COc3ccc(C)c(C)c3)C2)n1. The zero-order valence-electron chi connectivity index (χ0n) is 15.7. The van der Waals surface area contributed by atoms with Gasteiger partial charge in [0.25, 0.3) is 5.91 Å². The monoisotopic (exact) mass is 354 g/mol. The molecule has 1 amide bonds. The smallest absolute Gasteiger partial charge is 0.272 e. The van der Waals surface area contributed by atoms with Crippen molar-refractivity contribution in [2.45, 2.75) is 39.2 Å². The Labute approximate surface area is 154 Å². The van der Waals surface area contributed by atoms with Gasteiger partial charge in [0.15, 0.2) is 0 Å². The summed E-state index contributed by atoms with van der Waals surface area (Å²) in [6, 6.07) is 11.3. The van der Waals surface area contributed by atoms with E-state index in [-0.39, 0.29) is 19.1 Å². The number of nitrogens with zero attached hydrogens (tertiary/aromatic N) is 2. The second-order valence-corrected chi connectivity index (χ2v) is 7.25. The molecule has 0 spiro atoms. The highest BCUT2D eigenvalue weighted by molar-refractivity contribution is 5.92. The van der Waals surface area contributed by atoms with E-state index in [4.69, 9.17) is 4.74 Å². The molecule has 1 aliphatic heterocycles. The summed E-state index contributed by atoms with van der Waals surface area (Å²) in [5.74, 6) is 0.600. The van der Waals surface area contributed by atoms with Crippen LogP contribution in [0.25, 0.3) is 0 Å². The van der Waals surface area contributed by atoms with Crippen LogP contribution in [0.5, 0.6) is 5.75 Å². The van der Waals surface area contributed by atoms with Gasteiger partial charge in [0, 0.05) is 12.2 Å². The molecule has 3 rings (SSSR count). The fourth-order valence-electron chi connectivity index (χ4n) is 3.25. The lowest BCUT2D eigenvalue weighted by atomic mass is 9.93. The molecule has 1 aromatic heterocycles. The van der Waals surface area contributed by atoms with E-state index in [9.17, 15) is 9.90 Å². The van der Waals surface area contributed by atoms with Gasteiger partial charge >= 0.3 is 0 Å². The van der Waals surface area contributed by atoms with Crippen molar-refractivity contribution >= 4 is 5.91 Å². The predicted molar refractivity (Wildman–Crippen MR) is 100 cm³/mol. The fraction of sp³-hybridized carbons (Fsp3) is 0.429. The predicted octanol–water partition coefficient (Wildman–Crippen LogP) is 3.05. The Hall–Kier alpha value is -2.40. The van der Waals surface area contributed by atoms with Crippen LogP contribution in [0.3, 0.4) is 0 Å². The first kappa shape index (κ1) is 18.4. The minimum atomic E-state index is -1.05. The van der Waals surface area contributed by atoms with Crippen LogP contribution < -0.4 is 4.74 Å². The number of β-amino-alcohol motifs (C(OH)–C–C–N with tert-alkyl or cyclic N) is 1. The van der Waals surface area contributed by atoms with Crippen molar-refractivity contribution in [3.8, 4) is 5.75 Å². The van der Waals surface area contributed by atoms with Crippen molar-refractivity contribution in [1.29, 1.82) is 0 Å². The molecule has 0 radical (unpaired) electrons. The zero-order chi connectivity index (χ0) is 18.7. The van der Waals surface area contributed by atoms with E-state index < -0.39 is 5.60 Å². The van der Waals surface area contributed by atoms with Crippen LogP contribution in [0.4, 0.5) is 0 Å². The normalized spacial score (nSPS) is 20.1. The summed E-state index contributed by atoms with van der Waals surface area (Å²) in [4.78, 5) is 18.7. The van der Waals surface area contributed by atoms with Gasteiger partial charge in [-0.2, -0.15) is 0 Å². The Morgan fingerprint density at radius 2 is 2.04 bits per heavy atom. The lowest BCUT2D eigenvalue weighted by molar-refractivity contribution is -0.0533. The van der Waals surface area contributed by atoms with Crippen LogP contribution >= 0.6 is 0 Å². The third kappa shape index (κ3) is 4.22. The van der Waals surface area contributed by atoms with Crippen molar-refractivity contribution in [3.05, 3.63) is 58.9 Å². The number of aryl methyl sites for hydroxylation is 3. The maximum atomic E-state index is 12.7. The molecule has 1 fully saturated rings. The average Bonchev–Trinajstić information content (AvgIpc) is 2.62. The van der Waals surface area contributed by atoms with Gasteiger partial charge in [0.2, 0.25) is 0 Å². The van der Waals surface area contributed by atoms with E-state index in [2.05, 4.69) is 11.9 Å². The van der Waals surface area contributed by atoms with E-state index >= 15 is 0 Å². The third-order valence-corrected chi connectivity index (χ3v) is 4.94. The number of hydrogen-bond donors (Lipinski definition) is 1. The summed E-state index contributed by atoms with van der Waals surface area (Å²) in [5, 5.41) is 10.9. The summed E-state index contributed by atoms with van der Waals surface area (Å²) in [7, 11) is 0. The maximum absolute atomic E-state index is 12.7. The van der Waals surface area contributed by atoms with Crippen molar-refractivity contribution in [2.24, 2.45) is 0 Å². The number of amides is 1. The van der Waals surface area contributed by atoms with E-state index in [1.54, 1.807) is 11.0 Å². The molecule has 5 nitrogen and oxygen atoms in total. The summed E-state index contributed by atoms with van der Waals surface area (Å²) >= 11 is 0. The molecule has 0 aliphatic carbocycles. The Bertz CT molecular complexity index is 806. The number of piperidine rings is 1. The van der Waals surface area contributed by atoms with Crippen LogP contribution in [0.2, 0.25) is 0 Å². The van der Waals surface area contributed by atoms with Crippen LogP contribution in [0.15, 0.2) is 36.4 Å². The standard InChI is InChI=1S/C21H26N2O3/c1-15-8-9-18(12-16(15)2)26-14-21(25)10-5-11-23(13-21)20(24)19-7-4-6-17(3)22-19/h4,6-9,12,25H,5,10-11,13-14H2,1-3H3. The molecule has 5 heteroatoms. The number of carbonyl (C=O) groups is 1. The number of benzene rings is 1. The average molecular weight is 354 g/mol. The largest absolute Gasteiger partial charge is 0.491 e. The van der Waals surface area contributed by atoms with Crippen LogP contribution in [-0.4, -0.2) is 46.2 Å². The first-order valence-corrected chi connectivity index (χ1v) is 9.02. The fourth-order valence-corrected chi connectivity index (χ4v) is 3.25. The second-order valence-electron chi connectivity index (χ2n) is 7.25. The molecule has 1 unspecified atom stereocenters. The number of hydrogen-bond acceptors (Lipinski definition) is 4. The maximum Gasteiger partial charge on any atom is 0.272 e. The summed E-state index contributed by atoms with van der Waals surface area (Å²) < 4.78 is 5.83. The zero-order valence-corrected chi connectivity index (χ0v) is 15.7. The highest BCUT2D eigenvalue weighted by atomic mass is 16.5. The molecule has 1 atom stereocenters. The van der Waals surface area contributed by atoms with E-state index in [1.165, 1.54) is 5.56 Å². The van der Waals surface area contributed by atoms with Gasteiger partial charge in [-0.25, -0.2) is 4.98 Å². The van der Waals surface area contributed by atoms with Gasteiger partial charge in [-0.15, -0.1) is 0 Å². The molecule has 138 valence electrons. The van der Waals surface area contributed by atoms with Crippen LogP contribution in [-0.2, 0) is 0 Å². The van der Waals surface area contributed by atoms with Crippen molar-refractivity contribution in [3.63, 3.8) is 0 Å². The number of likely N-dealkylation sites (tertiary alicyclic amines) is 1. The molecule has 26 heavy (non-hydrogen) atoms. The second kappa shape index (κ2) is 7.46. The minimum absolute atomic E-state index is 0.141. The molecule has 1 saturated heterocycles. The number of pyridine rings is 1. The lowest BCUT2D eigenvalue weighted by Gasteiger charge is -2.38. The Morgan fingerprint density at radius 1 is 1.23 bits per heavy atom. The van der Waals surface area contributed by atoms with Crippen molar-refractivity contribution in [1.82, 2.24) is 9.88 Å². The summed E-state index contributed by atoms with van der Waals surface area (Å²) in [6.07, 6.45) is 1.35. The number of aliphatic hydroxyl groups is 1. The van der Waals surface area contributed by atoms with Gasteiger partial charge < -0.3 is 14.7 Å².